The molecular formula is C64H46N4. The molecule has 4 heteroatoms. The Bertz CT molecular complexity index is 3740. The molecule has 68 heavy (non-hydrogen) atoms. The van der Waals surface area contributed by atoms with Crippen LogP contribution in [0, 0.1) is 0 Å². The van der Waals surface area contributed by atoms with Gasteiger partial charge in [-0.15, -0.1) is 0 Å². The zero-order valence-electron chi connectivity index (χ0n) is 37.6. The smallest absolute Gasteiger partial charge is 0.160 e. The fraction of sp³-hybridized carbons (Fsp3) is 0.0938. The Kier molecular flexibility index (Phi) is 8.94. The molecule has 3 aliphatic carbocycles. The Morgan fingerprint density at radius 2 is 1.28 bits per heavy atom. The molecule has 2 atom stereocenters. The quantitative estimate of drug-likeness (QED) is 0.167. The van der Waals surface area contributed by atoms with Gasteiger partial charge in [-0.3, -0.25) is 0 Å². The molecule has 14 rings (SSSR count). The predicted molar refractivity (Wildman–Crippen MR) is 282 cm³/mol. The summed E-state index contributed by atoms with van der Waals surface area (Å²) in [6.45, 7) is 0. The summed E-state index contributed by atoms with van der Waals surface area (Å²) in [6, 6.07) is 69.0. The van der Waals surface area contributed by atoms with Gasteiger partial charge in [-0.25, -0.2) is 9.97 Å². The van der Waals surface area contributed by atoms with Crippen LogP contribution in [0.4, 0.5) is 11.4 Å². The number of hydrogen-bond donors (Lipinski definition) is 0. The first-order valence-electron chi connectivity index (χ1n) is 24.1. The van der Waals surface area contributed by atoms with Crippen LogP contribution in [0.5, 0.6) is 0 Å². The van der Waals surface area contributed by atoms with E-state index in [1.54, 1.807) is 0 Å². The van der Waals surface area contributed by atoms with Crippen LogP contribution in [0.15, 0.2) is 212 Å². The molecule has 0 bridgehead atoms. The largest absolute Gasteiger partial charge is 0.333 e. The topological polar surface area (TPSA) is 34.0 Å². The lowest BCUT2D eigenvalue weighted by Gasteiger charge is -2.30. The number of fused-ring (bicyclic) bond motifs is 10. The van der Waals surface area contributed by atoms with E-state index in [0.29, 0.717) is 0 Å². The molecule has 8 aromatic carbocycles. The van der Waals surface area contributed by atoms with E-state index in [1.807, 2.05) is 0 Å². The first kappa shape index (κ1) is 38.9. The van der Waals surface area contributed by atoms with Crippen molar-refractivity contribution < 1.29 is 0 Å². The molecule has 1 aliphatic heterocycles. The van der Waals surface area contributed by atoms with Crippen molar-refractivity contribution in [3.63, 3.8) is 0 Å². The SMILES string of the molecule is C1=Cc2ccc(-c3ccc(-c4nc(-c5ccc(N6c7ccccc7C7C=C(c8ccc9c(c8)c8c(n9-c9ccccc9)CCc9ccccc9-8)C=CC76)cc5)nc5ccccc45)cc3)cc2CC1. The molecule has 0 radical (unpaired) electrons. The van der Waals surface area contributed by atoms with Gasteiger partial charge in [0.25, 0.3) is 0 Å². The number of allylic oxidation sites excluding steroid dienone is 3. The molecule has 10 aromatic rings. The van der Waals surface area contributed by atoms with E-state index in [9.17, 15) is 0 Å². The monoisotopic (exact) mass is 870 g/mol. The van der Waals surface area contributed by atoms with Gasteiger partial charge in [-0.2, -0.15) is 0 Å². The molecular weight excluding hydrogens is 825 g/mol. The van der Waals surface area contributed by atoms with Gasteiger partial charge in [0.1, 0.15) is 0 Å². The maximum Gasteiger partial charge on any atom is 0.160 e. The maximum absolute atomic E-state index is 5.29. The summed E-state index contributed by atoms with van der Waals surface area (Å²) < 4.78 is 2.50. The normalized spacial score (nSPS) is 16.5. The lowest BCUT2D eigenvalue weighted by molar-refractivity contribution is 0.747. The van der Waals surface area contributed by atoms with Crippen LogP contribution in [0.2, 0.25) is 0 Å². The van der Waals surface area contributed by atoms with Crippen LogP contribution in [0.1, 0.15) is 45.8 Å². The molecule has 3 heterocycles. The van der Waals surface area contributed by atoms with E-state index < -0.39 is 0 Å². The van der Waals surface area contributed by atoms with Crippen LogP contribution in [-0.2, 0) is 19.3 Å². The first-order chi connectivity index (χ1) is 33.7. The summed E-state index contributed by atoms with van der Waals surface area (Å²) in [7, 11) is 0. The van der Waals surface area contributed by atoms with Crippen molar-refractivity contribution in [3.8, 4) is 50.6 Å². The highest BCUT2D eigenvalue weighted by Gasteiger charge is 2.38. The second-order valence-electron chi connectivity index (χ2n) is 18.7. The van der Waals surface area contributed by atoms with E-state index in [4.69, 9.17) is 9.97 Å². The van der Waals surface area contributed by atoms with Crippen molar-refractivity contribution in [1.82, 2.24) is 14.5 Å². The van der Waals surface area contributed by atoms with Gasteiger partial charge in [-0.1, -0.05) is 158 Å². The van der Waals surface area contributed by atoms with E-state index >= 15 is 0 Å². The molecule has 0 fully saturated rings. The van der Waals surface area contributed by atoms with Crippen molar-refractivity contribution in [1.29, 1.82) is 0 Å². The number of aryl methyl sites for hydroxylation is 2. The Labute approximate surface area is 396 Å². The molecule has 0 saturated heterocycles. The number of nitrogens with zero attached hydrogens (tertiary/aromatic N) is 4. The minimum Gasteiger partial charge on any atom is -0.333 e. The molecule has 4 aliphatic rings. The fourth-order valence-electron chi connectivity index (χ4n) is 11.6. The zero-order valence-corrected chi connectivity index (χ0v) is 37.6. The lowest BCUT2D eigenvalue weighted by atomic mass is 9.85. The third kappa shape index (κ3) is 6.28. The molecule has 4 nitrogen and oxygen atoms in total. The fourth-order valence-corrected chi connectivity index (χ4v) is 11.6. The maximum atomic E-state index is 5.29. The number of benzene rings is 8. The number of para-hydroxylation sites is 3. The molecule has 2 unspecified atom stereocenters. The lowest BCUT2D eigenvalue weighted by Crippen LogP contribution is -2.28. The Morgan fingerprint density at radius 1 is 0.515 bits per heavy atom. The van der Waals surface area contributed by atoms with Crippen LogP contribution in [0.3, 0.4) is 0 Å². The molecule has 322 valence electrons. The van der Waals surface area contributed by atoms with E-state index in [2.05, 4.69) is 228 Å². The molecule has 0 spiro atoms. The molecule has 0 saturated carbocycles. The molecule has 0 amide bonds. The van der Waals surface area contributed by atoms with E-state index in [0.717, 1.165) is 64.9 Å². The van der Waals surface area contributed by atoms with Gasteiger partial charge < -0.3 is 9.47 Å². The Hall–Kier alpha value is -8.34. The number of aromatic nitrogens is 3. The number of rotatable bonds is 6. The van der Waals surface area contributed by atoms with Crippen molar-refractivity contribution >= 4 is 44.8 Å². The average molecular weight is 871 g/mol. The van der Waals surface area contributed by atoms with Crippen molar-refractivity contribution in [2.24, 2.45) is 0 Å². The summed E-state index contributed by atoms with van der Waals surface area (Å²) >= 11 is 0. The van der Waals surface area contributed by atoms with Crippen LogP contribution < -0.4 is 4.90 Å². The van der Waals surface area contributed by atoms with Crippen molar-refractivity contribution in [3.05, 3.63) is 246 Å². The van der Waals surface area contributed by atoms with E-state index in [1.165, 1.54) is 83.6 Å². The van der Waals surface area contributed by atoms with Crippen LogP contribution in [0.25, 0.3) is 84.0 Å². The third-order valence-corrected chi connectivity index (χ3v) is 14.9. The highest BCUT2D eigenvalue weighted by atomic mass is 15.2. The average Bonchev–Trinajstić information content (AvgIpc) is 3.93. The number of anilines is 2. The highest BCUT2D eigenvalue weighted by Crippen LogP contribution is 2.50. The highest BCUT2D eigenvalue weighted by molar-refractivity contribution is 6.03. The standard InChI is InChI=1S/C64H46N4/c1-2-15-50(16-3-1)68-60-36-32-49(40-56(60)62-52-17-7-6-13-43(52)30-37-61(62)68)48-31-35-59-55(39-48)53-18-9-11-21-58(53)67(59)51-33-28-45(29-34-51)64-65-57-20-10-8-19-54(57)63(66-64)44-25-22-42(23-26-44)47-27-24-41-12-4-5-14-46(41)38-47/h1-4,6-13,15-29,31-36,38-40,55,59H,5,14,30,37H2. The predicted octanol–water partition coefficient (Wildman–Crippen LogP) is 15.6. The minimum absolute atomic E-state index is 0.147. The second-order valence-corrected chi connectivity index (χ2v) is 18.7. The molecule has 0 N–H and O–H groups in total. The number of hydrogen-bond acceptors (Lipinski definition) is 3. The first-order valence-corrected chi connectivity index (χ1v) is 24.1. The summed E-state index contributed by atoms with van der Waals surface area (Å²) in [5.41, 5.74) is 23.5. The minimum atomic E-state index is 0.147. The van der Waals surface area contributed by atoms with Gasteiger partial charge >= 0.3 is 0 Å². The van der Waals surface area contributed by atoms with Gasteiger partial charge in [0, 0.05) is 56.1 Å². The summed E-state index contributed by atoms with van der Waals surface area (Å²) in [5, 5.41) is 2.37. The van der Waals surface area contributed by atoms with Gasteiger partial charge in [-0.05, 0) is 136 Å². The van der Waals surface area contributed by atoms with Crippen LogP contribution in [-0.4, -0.2) is 20.6 Å². The van der Waals surface area contributed by atoms with Crippen molar-refractivity contribution in [2.45, 2.75) is 37.6 Å². The van der Waals surface area contributed by atoms with Gasteiger partial charge in [0.2, 0.25) is 0 Å². The zero-order chi connectivity index (χ0) is 44.7. The van der Waals surface area contributed by atoms with E-state index in [-0.39, 0.29) is 12.0 Å². The Balaban J connectivity index is 0.788. The van der Waals surface area contributed by atoms with Crippen LogP contribution >= 0.6 is 0 Å². The summed E-state index contributed by atoms with van der Waals surface area (Å²) in [5.74, 6) is 0.926. The third-order valence-electron chi connectivity index (χ3n) is 14.9. The summed E-state index contributed by atoms with van der Waals surface area (Å²) in [6.07, 6.45) is 16.1. The van der Waals surface area contributed by atoms with Crippen molar-refractivity contribution in [2.75, 3.05) is 4.90 Å². The Morgan fingerprint density at radius 3 is 2.19 bits per heavy atom. The summed E-state index contributed by atoms with van der Waals surface area (Å²) in [4.78, 5) is 12.9. The second kappa shape index (κ2) is 15.6. The molecule has 2 aromatic heterocycles. The van der Waals surface area contributed by atoms with Gasteiger partial charge in [0.15, 0.2) is 5.82 Å². The van der Waals surface area contributed by atoms with Gasteiger partial charge in [0.05, 0.1) is 22.8 Å².